The standard InChI is InChI=1S/C32H42O9/c1-14(2)10-11-18-26(36)24(28(38)22(16(5)33)30(18)40-9)19(12-15(3)4)25-27(37)20-13-21(35)32(7,8)41-31(20)23(17(6)34)29(25)39/h10,15,19,21,35-39H,11-13H2,1-9H3. The fourth-order valence-corrected chi connectivity index (χ4v) is 5.51. The zero-order valence-electron chi connectivity index (χ0n) is 25.3. The van der Waals surface area contributed by atoms with Crippen LogP contribution >= 0.6 is 0 Å². The van der Waals surface area contributed by atoms with Crippen molar-refractivity contribution in [2.24, 2.45) is 5.92 Å². The Balaban J connectivity index is 2.52. The number of ketones is 2. The quantitative estimate of drug-likeness (QED) is 0.189. The van der Waals surface area contributed by atoms with Crippen LogP contribution in [0.5, 0.6) is 34.5 Å². The number of fused-ring (bicyclic) bond motifs is 1. The molecule has 1 heterocycles. The van der Waals surface area contributed by atoms with Gasteiger partial charge in [0, 0.05) is 34.6 Å². The van der Waals surface area contributed by atoms with E-state index in [9.17, 15) is 35.1 Å². The molecule has 0 saturated carbocycles. The molecule has 9 heteroatoms. The van der Waals surface area contributed by atoms with Gasteiger partial charge in [0.25, 0.3) is 0 Å². The summed E-state index contributed by atoms with van der Waals surface area (Å²) in [6.07, 6.45) is 1.10. The van der Waals surface area contributed by atoms with E-state index in [1.807, 2.05) is 33.8 Å². The van der Waals surface area contributed by atoms with E-state index in [1.54, 1.807) is 13.8 Å². The minimum Gasteiger partial charge on any atom is -0.507 e. The highest BCUT2D eigenvalue weighted by atomic mass is 16.5. The molecule has 0 aliphatic carbocycles. The number of phenolic OH excluding ortho intramolecular Hbond substituents is 4. The fraction of sp³-hybridized carbons (Fsp3) is 0.500. The Hall–Kier alpha value is -3.72. The Bertz CT molecular complexity index is 1410. The van der Waals surface area contributed by atoms with Gasteiger partial charge in [-0.25, -0.2) is 0 Å². The second kappa shape index (κ2) is 11.6. The van der Waals surface area contributed by atoms with Gasteiger partial charge in [-0.3, -0.25) is 9.59 Å². The van der Waals surface area contributed by atoms with E-state index in [1.165, 1.54) is 21.0 Å². The first kappa shape index (κ1) is 31.8. The summed E-state index contributed by atoms with van der Waals surface area (Å²) in [7, 11) is 1.34. The normalized spacial score (nSPS) is 16.5. The van der Waals surface area contributed by atoms with Crippen LogP contribution in [0.4, 0.5) is 0 Å². The Kier molecular flexibility index (Phi) is 9.03. The zero-order valence-corrected chi connectivity index (χ0v) is 25.3. The van der Waals surface area contributed by atoms with Crippen LogP contribution in [0, 0.1) is 5.92 Å². The minimum absolute atomic E-state index is 0.0216. The van der Waals surface area contributed by atoms with Crippen LogP contribution in [0.3, 0.4) is 0 Å². The Morgan fingerprint density at radius 3 is 1.98 bits per heavy atom. The predicted molar refractivity (Wildman–Crippen MR) is 155 cm³/mol. The lowest BCUT2D eigenvalue weighted by molar-refractivity contribution is -0.0422. The van der Waals surface area contributed by atoms with Gasteiger partial charge in [-0.1, -0.05) is 25.5 Å². The summed E-state index contributed by atoms with van der Waals surface area (Å²) in [5, 5.41) is 57.2. The Labute approximate surface area is 241 Å². The number of Topliss-reactive ketones (excluding diaryl/α,β-unsaturated/α-hetero) is 2. The van der Waals surface area contributed by atoms with Gasteiger partial charge in [0.1, 0.15) is 51.2 Å². The molecule has 1 aliphatic heterocycles. The minimum atomic E-state index is -1.10. The molecule has 0 radical (unpaired) electrons. The zero-order chi connectivity index (χ0) is 31.1. The lowest BCUT2D eigenvalue weighted by atomic mass is 9.77. The number of aliphatic hydroxyl groups excluding tert-OH is 1. The predicted octanol–water partition coefficient (Wildman–Crippen LogP) is 5.68. The van der Waals surface area contributed by atoms with Crippen LogP contribution in [0.15, 0.2) is 11.6 Å². The molecule has 0 fully saturated rings. The van der Waals surface area contributed by atoms with E-state index in [4.69, 9.17) is 9.47 Å². The number of allylic oxidation sites excluding steroid dienone is 2. The summed E-state index contributed by atoms with van der Waals surface area (Å²) >= 11 is 0. The molecule has 0 amide bonds. The first-order chi connectivity index (χ1) is 19.0. The van der Waals surface area contributed by atoms with Gasteiger partial charge in [0.05, 0.1) is 13.2 Å². The van der Waals surface area contributed by atoms with Crippen molar-refractivity contribution in [2.45, 2.75) is 92.3 Å². The number of carbonyl (C=O) groups excluding carboxylic acids is 2. The lowest BCUT2D eigenvalue weighted by Gasteiger charge is -2.39. The average Bonchev–Trinajstić information content (AvgIpc) is 2.83. The molecular weight excluding hydrogens is 528 g/mol. The molecule has 0 aromatic heterocycles. The van der Waals surface area contributed by atoms with Crippen LogP contribution in [-0.2, 0) is 12.8 Å². The smallest absolute Gasteiger partial charge is 0.167 e. The van der Waals surface area contributed by atoms with Crippen molar-refractivity contribution in [3.63, 3.8) is 0 Å². The van der Waals surface area contributed by atoms with Gasteiger partial charge in [-0.05, 0) is 60.3 Å². The highest BCUT2D eigenvalue weighted by Gasteiger charge is 2.43. The SMILES string of the molecule is COc1c(CC=C(C)C)c(O)c(C(CC(C)C)c2c(O)c3c(c(C(C)=O)c2O)OC(C)(C)C(O)C3)c(O)c1C(C)=O. The molecule has 9 nitrogen and oxygen atoms in total. The maximum absolute atomic E-state index is 12.9. The number of rotatable bonds is 9. The topological polar surface area (TPSA) is 154 Å². The van der Waals surface area contributed by atoms with Crippen molar-refractivity contribution in [1.82, 2.24) is 0 Å². The number of carbonyl (C=O) groups is 2. The van der Waals surface area contributed by atoms with Gasteiger partial charge in [0.15, 0.2) is 11.6 Å². The third kappa shape index (κ3) is 5.73. The summed E-state index contributed by atoms with van der Waals surface area (Å²) < 4.78 is 11.5. The number of methoxy groups -OCH3 is 1. The Morgan fingerprint density at radius 2 is 1.49 bits per heavy atom. The highest BCUT2D eigenvalue weighted by Crippen LogP contribution is 2.56. The van der Waals surface area contributed by atoms with Gasteiger partial charge in [-0.15, -0.1) is 0 Å². The van der Waals surface area contributed by atoms with E-state index in [0.717, 1.165) is 5.57 Å². The molecule has 2 atom stereocenters. The van der Waals surface area contributed by atoms with Crippen molar-refractivity contribution in [2.75, 3.05) is 7.11 Å². The summed E-state index contributed by atoms with van der Waals surface area (Å²) in [5.74, 6) is -4.09. The summed E-state index contributed by atoms with van der Waals surface area (Å²) in [6, 6.07) is 0. The molecule has 2 unspecified atom stereocenters. The number of benzene rings is 2. The van der Waals surface area contributed by atoms with Gasteiger partial charge >= 0.3 is 0 Å². The van der Waals surface area contributed by atoms with E-state index < -0.39 is 46.4 Å². The Morgan fingerprint density at radius 1 is 0.951 bits per heavy atom. The average molecular weight is 571 g/mol. The maximum Gasteiger partial charge on any atom is 0.167 e. The number of hydrogen-bond acceptors (Lipinski definition) is 9. The highest BCUT2D eigenvalue weighted by molar-refractivity contribution is 6.02. The van der Waals surface area contributed by atoms with Crippen molar-refractivity contribution >= 4 is 11.6 Å². The van der Waals surface area contributed by atoms with Gasteiger partial charge in [-0.2, -0.15) is 0 Å². The van der Waals surface area contributed by atoms with Crippen molar-refractivity contribution in [1.29, 1.82) is 0 Å². The van der Waals surface area contributed by atoms with Crippen LogP contribution < -0.4 is 9.47 Å². The van der Waals surface area contributed by atoms with Crippen molar-refractivity contribution < 1.29 is 44.6 Å². The van der Waals surface area contributed by atoms with Crippen molar-refractivity contribution in [3.8, 4) is 34.5 Å². The van der Waals surface area contributed by atoms with Gasteiger partial charge < -0.3 is 35.0 Å². The number of aromatic hydroxyl groups is 4. The number of hydrogen-bond donors (Lipinski definition) is 5. The molecule has 1 aliphatic rings. The van der Waals surface area contributed by atoms with Crippen LogP contribution in [-0.4, -0.2) is 55.9 Å². The third-order valence-electron chi connectivity index (χ3n) is 7.66. The molecule has 224 valence electrons. The summed E-state index contributed by atoms with van der Waals surface area (Å²) in [6.45, 7) is 13.3. The van der Waals surface area contributed by atoms with Crippen molar-refractivity contribution in [3.05, 3.63) is 45.0 Å². The number of aliphatic hydroxyl groups is 1. The summed E-state index contributed by atoms with van der Waals surface area (Å²) in [5.41, 5.74) is -0.284. The molecule has 0 saturated heterocycles. The fourth-order valence-electron chi connectivity index (χ4n) is 5.51. The van der Waals surface area contributed by atoms with Crippen LogP contribution in [0.25, 0.3) is 0 Å². The molecule has 2 aromatic rings. The molecule has 0 bridgehead atoms. The summed E-state index contributed by atoms with van der Waals surface area (Å²) in [4.78, 5) is 25.7. The van der Waals surface area contributed by atoms with Crippen LogP contribution in [0.2, 0.25) is 0 Å². The van der Waals surface area contributed by atoms with E-state index >= 15 is 0 Å². The number of ether oxygens (including phenoxy) is 2. The molecular formula is C32H42O9. The van der Waals surface area contributed by atoms with E-state index in [2.05, 4.69) is 0 Å². The third-order valence-corrected chi connectivity index (χ3v) is 7.66. The largest absolute Gasteiger partial charge is 0.507 e. The van der Waals surface area contributed by atoms with Crippen LogP contribution in [0.1, 0.15) is 111 Å². The molecule has 5 N–H and O–H groups in total. The second-order valence-electron chi connectivity index (χ2n) is 12.0. The number of phenols is 4. The first-order valence-corrected chi connectivity index (χ1v) is 13.7. The molecule has 41 heavy (non-hydrogen) atoms. The second-order valence-corrected chi connectivity index (χ2v) is 12.0. The maximum atomic E-state index is 12.9. The first-order valence-electron chi connectivity index (χ1n) is 13.7. The van der Waals surface area contributed by atoms with E-state index in [-0.39, 0.29) is 75.8 Å². The molecule has 3 rings (SSSR count). The van der Waals surface area contributed by atoms with Gasteiger partial charge in [0.2, 0.25) is 0 Å². The molecule has 2 aromatic carbocycles. The lowest BCUT2D eigenvalue weighted by Crippen LogP contribution is -2.46. The van der Waals surface area contributed by atoms with E-state index in [0.29, 0.717) is 0 Å². The monoisotopic (exact) mass is 570 g/mol. The molecule has 0 spiro atoms.